The van der Waals surface area contributed by atoms with E-state index in [1.807, 2.05) is 20.0 Å². The van der Waals surface area contributed by atoms with Crippen LogP contribution in [-0.4, -0.2) is 37.2 Å². The smallest absolute Gasteiger partial charge is 0.307 e. The minimum Gasteiger partial charge on any atom is -0.440 e. The van der Waals surface area contributed by atoms with Gasteiger partial charge in [0.1, 0.15) is 23.5 Å². The summed E-state index contributed by atoms with van der Waals surface area (Å²) in [5.41, 5.74) is 2.29. The largest absolute Gasteiger partial charge is 0.440 e. The molecule has 0 radical (unpaired) electrons. The lowest BCUT2D eigenvalue weighted by atomic mass is 9.44. The van der Waals surface area contributed by atoms with E-state index in [0.717, 1.165) is 17.3 Å². The van der Waals surface area contributed by atoms with Crippen molar-refractivity contribution in [3.63, 3.8) is 0 Å². The number of hydrogen-bond donors (Lipinski definition) is 2. The number of aryl methyl sites for hydroxylation is 2. The van der Waals surface area contributed by atoms with Gasteiger partial charge in [0.2, 0.25) is 5.95 Å². The zero-order valence-corrected chi connectivity index (χ0v) is 15.8. The Morgan fingerprint density at radius 2 is 2.18 bits per heavy atom. The van der Waals surface area contributed by atoms with Crippen LogP contribution in [0.1, 0.15) is 35.5 Å². The Kier molecular flexibility index (Phi) is 3.71. The van der Waals surface area contributed by atoms with Crippen LogP contribution in [0.25, 0.3) is 11.4 Å². The Morgan fingerprint density at radius 3 is 2.86 bits per heavy atom. The molecule has 0 spiro atoms. The van der Waals surface area contributed by atoms with Gasteiger partial charge in [0.05, 0.1) is 6.20 Å². The maximum Gasteiger partial charge on any atom is 0.307 e. The van der Waals surface area contributed by atoms with Crippen molar-refractivity contribution in [1.29, 1.82) is 0 Å². The van der Waals surface area contributed by atoms with Crippen molar-refractivity contribution in [2.75, 3.05) is 11.9 Å². The van der Waals surface area contributed by atoms with Gasteiger partial charge in [-0.2, -0.15) is 5.10 Å². The van der Waals surface area contributed by atoms with Crippen LogP contribution in [0.15, 0.2) is 29.1 Å². The van der Waals surface area contributed by atoms with Crippen LogP contribution in [0.3, 0.4) is 0 Å². The van der Waals surface area contributed by atoms with Crippen molar-refractivity contribution in [2.45, 2.75) is 26.2 Å². The summed E-state index contributed by atoms with van der Waals surface area (Å²) in [5, 5.41) is 10.2. The minimum atomic E-state index is -0.282. The fraction of sp³-hybridized carbons (Fsp3) is 0.421. The molecule has 0 aliphatic heterocycles. The van der Waals surface area contributed by atoms with Crippen molar-refractivity contribution in [1.82, 2.24) is 30.0 Å². The van der Waals surface area contributed by atoms with Crippen LogP contribution >= 0.6 is 0 Å². The van der Waals surface area contributed by atoms with Crippen LogP contribution in [0.2, 0.25) is 0 Å². The summed E-state index contributed by atoms with van der Waals surface area (Å²) < 4.78 is 7.10. The van der Waals surface area contributed by atoms with Gasteiger partial charge >= 0.3 is 5.91 Å². The summed E-state index contributed by atoms with van der Waals surface area (Å²) in [7, 11) is 1.83. The Labute approximate surface area is 161 Å². The molecular weight excluding hydrogens is 358 g/mol. The number of nitrogens with one attached hydrogen (secondary N) is 2. The first-order valence-electron chi connectivity index (χ1n) is 9.34. The lowest BCUT2D eigenvalue weighted by molar-refractivity contribution is -0.101. The Balaban J connectivity index is 1.32. The number of anilines is 2. The molecule has 28 heavy (non-hydrogen) atoms. The van der Waals surface area contributed by atoms with Gasteiger partial charge in [-0.05, 0) is 43.1 Å². The van der Waals surface area contributed by atoms with Crippen molar-refractivity contribution in [2.24, 2.45) is 18.4 Å². The molecule has 0 saturated heterocycles. The Bertz CT molecular complexity index is 1040. The molecule has 144 valence electrons. The fourth-order valence-corrected chi connectivity index (χ4v) is 4.08. The number of rotatable bonds is 6. The highest BCUT2D eigenvalue weighted by molar-refractivity contribution is 5.90. The molecule has 3 aliphatic rings. The monoisotopic (exact) mass is 379 g/mol. The zero-order valence-electron chi connectivity index (χ0n) is 15.8. The van der Waals surface area contributed by atoms with Gasteiger partial charge in [0.25, 0.3) is 5.89 Å². The summed E-state index contributed by atoms with van der Waals surface area (Å²) in [4.78, 5) is 25.5. The summed E-state index contributed by atoms with van der Waals surface area (Å²) in [6, 6.07) is 1.83. The Hall–Kier alpha value is -3.23. The van der Waals surface area contributed by atoms with Gasteiger partial charge in [0.15, 0.2) is 0 Å². The number of carbonyl (C=O) groups excluding carboxylic acids is 1. The molecule has 1 amide bonds. The molecule has 6 rings (SSSR count). The average molecular weight is 379 g/mol. The first-order valence-corrected chi connectivity index (χ1v) is 9.34. The van der Waals surface area contributed by atoms with Gasteiger partial charge in [-0.3, -0.25) is 9.48 Å². The quantitative estimate of drug-likeness (QED) is 0.677. The van der Waals surface area contributed by atoms with Gasteiger partial charge in [0, 0.05) is 25.9 Å². The highest BCUT2D eigenvalue weighted by atomic mass is 16.4. The van der Waals surface area contributed by atoms with Crippen LogP contribution < -0.4 is 10.6 Å². The molecule has 3 heterocycles. The zero-order chi connectivity index (χ0) is 19.3. The van der Waals surface area contributed by atoms with E-state index in [2.05, 4.69) is 30.7 Å². The summed E-state index contributed by atoms with van der Waals surface area (Å²) >= 11 is 0. The molecule has 3 saturated carbocycles. The second-order valence-corrected chi connectivity index (χ2v) is 7.89. The number of aromatic nitrogens is 5. The fourth-order valence-electron chi connectivity index (χ4n) is 4.08. The molecule has 2 N–H and O–H groups in total. The van der Waals surface area contributed by atoms with Crippen LogP contribution in [0.5, 0.6) is 0 Å². The number of nitrogens with zero attached hydrogens (tertiary/aromatic N) is 5. The van der Waals surface area contributed by atoms with Gasteiger partial charge < -0.3 is 15.1 Å². The van der Waals surface area contributed by atoms with Gasteiger partial charge in [-0.1, -0.05) is 0 Å². The maximum atomic E-state index is 12.4. The summed E-state index contributed by atoms with van der Waals surface area (Å²) in [5.74, 6) is 1.85. The van der Waals surface area contributed by atoms with Gasteiger partial charge in [-0.15, -0.1) is 0 Å². The van der Waals surface area contributed by atoms with E-state index in [1.165, 1.54) is 25.5 Å². The van der Waals surface area contributed by atoms with E-state index in [0.29, 0.717) is 29.3 Å². The SMILES string of the molecule is Cc1cnc(Nc2ccnn2C)nc1-c1coc(C(=O)NCC23CC(C2)C3)n1. The predicted octanol–water partition coefficient (Wildman–Crippen LogP) is 2.45. The summed E-state index contributed by atoms with van der Waals surface area (Å²) in [6.45, 7) is 2.59. The Morgan fingerprint density at radius 1 is 1.36 bits per heavy atom. The first kappa shape index (κ1) is 16.9. The second kappa shape index (κ2) is 6.15. The van der Waals surface area contributed by atoms with E-state index in [1.54, 1.807) is 17.1 Å². The molecule has 9 nitrogen and oxygen atoms in total. The van der Waals surface area contributed by atoms with E-state index >= 15 is 0 Å². The third-order valence-corrected chi connectivity index (χ3v) is 5.76. The van der Waals surface area contributed by atoms with E-state index < -0.39 is 0 Å². The molecule has 0 unspecified atom stereocenters. The normalized spacial score (nSPS) is 22.3. The van der Waals surface area contributed by atoms with E-state index in [9.17, 15) is 4.79 Å². The highest BCUT2D eigenvalue weighted by Gasteiger charge is 2.56. The predicted molar refractivity (Wildman–Crippen MR) is 101 cm³/mol. The van der Waals surface area contributed by atoms with E-state index in [4.69, 9.17) is 4.42 Å². The number of carbonyl (C=O) groups is 1. The van der Waals surface area contributed by atoms with Gasteiger partial charge in [-0.25, -0.2) is 15.0 Å². The van der Waals surface area contributed by atoms with Crippen molar-refractivity contribution < 1.29 is 9.21 Å². The van der Waals surface area contributed by atoms with Crippen molar-refractivity contribution in [3.8, 4) is 11.4 Å². The van der Waals surface area contributed by atoms with Crippen LogP contribution in [-0.2, 0) is 7.05 Å². The second-order valence-electron chi connectivity index (χ2n) is 7.89. The lowest BCUT2D eigenvalue weighted by Gasteiger charge is -2.62. The molecule has 3 fully saturated rings. The number of oxazole rings is 1. The third-order valence-electron chi connectivity index (χ3n) is 5.76. The molecule has 9 heteroatoms. The van der Waals surface area contributed by atoms with Crippen molar-refractivity contribution in [3.05, 3.63) is 36.2 Å². The topological polar surface area (TPSA) is 111 Å². The molecule has 0 aromatic carbocycles. The summed E-state index contributed by atoms with van der Waals surface area (Å²) in [6.07, 6.45) is 8.55. The van der Waals surface area contributed by atoms with Crippen LogP contribution in [0, 0.1) is 18.3 Å². The van der Waals surface area contributed by atoms with Crippen LogP contribution in [0.4, 0.5) is 11.8 Å². The molecular formula is C19H21N7O2. The molecule has 2 bridgehead atoms. The minimum absolute atomic E-state index is 0.0563. The molecule has 3 aromatic rings. The highest BCUT2D eigenvalue weighted by Crippen LogP contribution is 2.63. The number of amides is 1. The first-order chi connectivity index (χ1) is 13.5. The average Bonchev–Trinajstić information content (AvgIpc) is 3.24. The molecule has 3 aromatic heterocycles. The van der Waals surface area contributed by atoms with E-state index in [-0.39, 0.29) is 11.8 Å². The maximum absolute atomic E-state index is 12.4. The molecule has 3 aliphatic carbocycles. The molecule has 0 atom stereocenters. The number of hydrogen-bond acceptors (Lipinski definition) is 7. The van der Waals surface area contributed by atoms with Crippen molar-refractivity contribution >= 4 is 17.7 Å². The standard InChI is InChI=1S/C19H21N7O2/c1-11-8-20-18(24-14-3-4-22-26(14)2)25-15(11)13-9-28-17(23-13)16(27)21-10-19-5-12(6-19)7-19/h3-4,8-9,12H,5-7,10H2,1-2H3,(H,21,27)(H,20,24,25). The lowest BCUT2D eigenvalue weighted by Crippen LogP contribution is -2.57. The third kappa shape index (κ3) is 2.83.